The highest BCUT2D eigenvalue weighted by Crippen LogP contribution is 2.31. The third kappa shape index (κ3) is 8.21. The van der Waals surface area contributed by atoms with Crippen molar-refractivity contribution in [2.45, 2.75) is 39.0 Å². The number of benzene rings is 3. The van der Waals surface area contributed by atoms with Gasteiger partial charge in [0.05, 0.1) is 27.4 Å². The summed E-state index contributed by atoms with van der Waals surface area (Å²) < 4.78 is 83.0. The highest BCUT2D eigenvalue weighted by Gasteiger charge is 2.37. The number of alkyl halides is 6. The first-order valence-electron chi connectivity index (χ1n) is 14.1. The van der Waals surface area contributed by atoms with Crippen LogP contribution in [0.2, 0.25) is 10.0 Å². The number of amides is 1. The molecule has 0 spiro atoms. The second-order valence-electron chi connectivity index (χ2n) is 10.5. The van der Waals surface area contributed by atoms with Gasteiger partial charge in [-0.1, -0.05) is 47.5 Å². The van der Waals surface area contributed by atoms with Crippen LogP contribution in [0.4, 0.5) is 26.3 Å². The summed E-state index contributed by atoms with van der Waals surface area (Å²) in [5.41, 5.74) is 0.430. The highest BCUT2D eigenvalue weighted by atomic mass is 35.5. The Kier molecular flexibility index (Phi) is 10.2. The zero-order valence-electron chi connectivity index (χ0n) is 25.3. The summed E-state index contributed by atoms with van der Waals surface area (Å²) in [4.78, 5) is 28.1. The van der Waals surface area contributed by atoms with E-state index in [4.69, 9.17) is 23.2 Å². The normalized spacial score (nSPS) is 11.7. The molecule has 0 aliphatic carbocycles. The maximum Gasteiger partial charge on any atom is 0.573 e. The number of Topliss-reactive ketones (excluding diaryl/α,β-unsaturated/α-hetero) is 1. The van der Waals surface area contributed by atoms with E-state index in [9.17, 15) is 41.2 Å². The molecule has 0 saturated heterocycles. The SMILES string of the molecule is Cc1cc(C#N)cc(C(=O)NCc2ccccc2OC(F)(F)F)c1CC(=O)c1cc(Cn2nnc(C(F)(F)F)n2)nn1-c1c(Cl)cccc1Cl. The van der Waals surface area contributed by atoms with Crippen molar-refractivity contribution >= 4 is 34.9 Å². The van der Waals surface area contributed by atoms with Crippen LogP contribution >= 0.6 is 23.2 Å². The number of ether oxygens (including phenoxy) is 1. The average molecular weight is 737 g/mol. The molecule has 5 rings (SSSR count). The Bertz CT molecular complexity index is 2120. The summed E-state index contributed by atoms with van der Waals surface area (Å²) in [7, 11) is 0. The van der Waals surface area contributed by atoms with Gasteiger partial charge in [0.25, 0.3) is 11.7 Å². The van der Waals surface area contributed by atoms with Crippen molar-refractivity contribution < 1.29 is 40.7 Å². The zero-order valence-corrected chi connectivity index (χ0v) is 26.8. The van der Waals surface area contributed by atoms with Gasteiger partial charge in [-0.05, 0) is 59.7 Å². The number of nitriles is 1. The number of aryl methyl sites for hydroxylation is 1. The fraction of sp³-hybridized carbons (Fsp3) is 0.194. The first-order chi connectivity index (χ1) is 23.5. The number of halogens is 8. The van der Waals surface area contributed by atoms with Crippen LogP contribution in [-0.4, -0.2) is 48.0 Å². The lowest BCUT2D eigenvalue weighted by Gasteiger charge is -2.16. The van der Waals surface area contributed by atoms with Gasteiger partial charge in [0, 0.05) is 24.1 Å². The smallest absolute Gasteiger partial charge is 0.405 e. The molecule has 0 radical (unpaired) electrons. The molecule has 0 aliphatic rings. The van der Waals surface area contributed by atoms with Crippen LogP contribution in [0.1, 0.15) is 54.6 Å². The number of hydrogen-bond donors (Lipinski definition) is 1. The first kappa shape index (κ1) is 35.8. The molecule has 3 aromatic carbocycles. The Morgan fingerprint density at radius 3 is 2.32 bits per heavy atom. The Hall–Kier alpha value is -5.47. The van der Waals surface area contributed by atoms with Gasteiger partial charge in [-0.25, -0.2) is 4.68 Å². The molecule has 1 N–H and O–H groups in total. The molecule has 258 valence electrons. The van der Waals surface area contributed by atoms with E-state index in [1.807, 2.05) is 6.07 Å². The molecule has 0 atom stereocenters. The number of nitrogens with zero attached hydrogens (tertiary/aromatic N) is 7. The van der Waals surface area contributed by atoms with Crippen LogP contribution in [0, 0.1) is 18.3 Å². The fourth-order valence-electron chi connectivity index (χ4n) is 4.85. The van der Waals surface area contributed by atoms with Gasteiger partial charge in [-0.2, -0.15) is 28.3 Å². The van der Waals surface area contributed by atoms with Gasteiger partial charge < -0.3 is 10.1 Å². The van der Waals surface area contributed by atoms with Crippen LogP contribution in [0.15, 0.2) is 60.7 Å². The molecule has 0 fully saturated rings. The third-order valence-corrected chi connectivity index (χ3v) is 7.64. The number of aromatic nitrogens is 6. The molecule has 50 heavy (non-hydrogen) atoms. The van der Waals surface area contributed by atoms with Crippen LogP contribution in [0.5, 0.6) is 5.75 Å². The van der Waals surface area contributed by atoms with Gasteiger partial charge in [0.1, 0.15) is 23.7 Å². The number of ketones is 1. The number of para-hydroxylation sites is 2. The van der Waals surface area contributed by atoms with Crippen LogP contribution in [-0.2, 0) is 25.7 Å². The number of hydrogen-bond acceptors (Lipinski definition) is 8. The molecule has 5 aromatic rings. The van der Waals surface area contributed by atoms with Gasteiger partial charge in [0.15, 0.2) is 5.78 Å². The zero-order chi connectivity index (χ0) is 36.4. The van der Waals surface area contributed by atoms with Crippen LogP contribution in [0.25, 0.3) is 5.69 Å². The Morgan fingerprint density at radius 1 is 0.980 bits per heavy atom. The maximum absolute atomic E-state index is 14.0. The van der Waals surface area contributed by atoms with E-state index in [0.717, 1.165) is 10.7 Å². The van der Waals surface area contributed by atoms with E-state index in [0.29, 0.717) is 10.4 Å². The minimum absolute atomic E-state index is 0.00115. The molecule has 0 saturated carbocycles. The molecule has 0 unspecified atom stereocenters. The molecule has 0 bridgehead atoms. The van der Waals surface area contributed by atoms with Crippen molar-refractivity contribution in [3.8, 4) is 17.5 Å². The average Bonchev–Trinajstić information content (AvgIpc) is 3.68. The van der Waals surface area contributed by atoms with Crippen molar-refractivity contribution in [1.29, 1.82) is 5.26 Å². The summed E-state index contributed by atoms with van der Waals surface area (Å²) in [6, 6.07) is 15.5. The second kappa shape index (κ2) is 14.2. The van der Waals surface area contributed by atoms with Gasteiger partial charge in [-0.15, -0.1) is 23.4 Å². The van der Waals surface area contributed by atoms with Crippen molar-refractivity contribution in [1.82, 2.24) is 35.3 Å². The Balaban J connectivity index is 1.49. The number of carbonyl (C=O) groups excluding carboxylic acids is 2. The number of tetrazole rings is 1. The second-order valence-corrected chi connectivity index (χ2v) is 11.3. The lowest BCUT2D eigenvalue weighted by Crippen LogP contribution is -2.26. The molecule has 11 nitrogen and oxygen atoms in total. The lowest BCUT2D eigenvalue weighted by molar-refractivity contribution is -0.274. The van der Waals surface area contributed by atoms with Gasteiger partial charge in [-0.3, -0.25) is 9.59 Å². The van der Waals surface area contributed by atoms with Crippen molar-refractivity contribution in [3.63, 3.8) is 0 Å². The summed E-state index contributed by atoms with van der Waals surface area (Å²) in [6.45, 7) is 0.707. The van der Waals surface area contributed by atoms with Crippen molar-refractivity contribution in [2.75, 3.05) is 0 Å². The molecular formula is C31H20Cl2F6N8O3. The van der Waals surface area contributed by atoms with Crippen LogP contribution < -0.4 is 10.1 Å². The Morgan fingerprint density at radius 2 is 1.68 bits per heavy atom. The van der Waals surface area contributed by atoms with E-state index in [1.165, 1.54) is 54.6 Å². The van der Waals surface area contributed by atoms with E-state index < -0.39 is 55.3 Å². The predicted molar refractivity (Wildman–Crippen MR) is 164 cm³/mol. The quantitative estimate of drug-likeness (QED) is 0.124. The highest BCUT2D eigenvalue weighted by molar-refractivity contribution is 6.37. The van der Waals surface area contributed by atoms with E-state index in [1.54, 1.807) is 6.92 Å². The minimum Gasteiger partial charge on any atom is -0.405 e. The monoisotopic (exact) mass is 736 g/mol. The standard InChI is InChI=1S/C31H20Cl2F6N8O3/c1-16-9-17(13-40)10-21(28(49)41-14-18-5-2-3-8-26(18)50-31(37,38)39)20(16)12-25(48)24-11-19(15-46-44-29(42-45-46)30(34,35)36)43-47(24)27-22(32)6-4-7-23(27)33/h2-11H,12,14-15H2,1H3,(H,41,49). The molecule has 0 aliphatic heterocycles. The van der Waals surface area contributed by atoms with Gasteiger partial charge in [0.2, 0.25) is 0 Å². The third-order valence-electron chi connectivity index (χ3n) is 7.03. The summed E-state index contributed by atoms with van der Waals surface area (Å²) in [6.07, 6.45) is -10.3. The van der Waals surface area contributed by atoms with Gasteiger partial charge >= 0.3 is 12.5 Å². The predicted octanol–water partition coefficient (Wildman–Crippen LogP) is 6.67. The maximum atomic E-state index is 14.0. The number of carbonyl (C=O) groups is 2. The molecule has 2 aromatic heterocycles. The summed E-state index contributed by atoms with van der Waals surface area (Å²) >= 11 is 12.8. The topological polar surface area (TPSA) is 141 Å². The van der Waals surface area contributed by atoms with Crippen molar-refractivity contribution in [3.05, 3.63) is 116 Å². The minimum atomic E-state index is -4.98. The number of nitrogens with one attached hydrogen (secondary N) is 1. The summed E-state index contributed by atoms with van der Waals surface area (Å²) in [5.74, 6) is -3.49. The fourth-order valence-corrected chi connectivity index (χ4v) is 5.41. The largest absolute Gasteiger partial charge is 0.573 e. The molecule has 1 amide bonds. The molecule has 2 heterocycles. The van der Waals surface area contributed by atoms with E-state index >= 15 is 0 Å². The lowest BCUT2D eigenvalue weighted by atomic mass is 9.93. The summed E-state index contributed by atoms with van der Waals surface area (Å²) in [5, 5.41) is 26.2. The molecular weight excluding hydrogens is 717 g/mol. The van der Waals surface area contributed by atoms with Crippen LogP contribution in [0.3, 0.4) is 0 Å². The van der Waals surface area contributed by atoms with Crippen molar-refractivity contribution in [2.24, 2.45) is 0 Å². The first-order valence-corrected chi connectivity index (χ1v) is 14.9. The molecule has 19 heteroatoms. The number of rotatable bonds is 10. The Labute approximate surface area is 288 Å². The van der Waals surface area contributed by atoms with E-state index in [-0.39, 0.29) is 49.4 Å². The van der Waals surface area contributed by atoms with E-state index in [2.05, 4.69) is 30.6 Å².